The monoisotopic (exact) mass is 450 g/mol. The minimum Gasteiger partial charge on any atom is -0.490 e. The van der Waals surface area contributed by atoms with Gasteiger partial charge in [-0.2, -0.15) is 0 Å². The van der Waals surface area contributed by atoms with Crippen LogP contribution in [0.5, 0.6) is 5.88 Å². The summed E-state index contributed by atoms with van der Waals surface area (Å²) in [4.78, 5) is 10.3. The van der Waals surface area contributed by atoms with Crippen molar-refractivity contribution in [1.29, 1.82) is 5.41 Å². The Balaban J connectivity index is 1.46. The molecule has 4 heterocycles. The zero-order valence-corrected chi connectivity index (χ0v) is 18.2. The van der Waals surface area contributed by atoms with Gasteiger partial charge in [-0.1, -0.05) is 6.07 Å². The maximum absolute atomic E-state index is 9.18. The summed E-state index contributed by atoms with van der Waals surface area (Å²) in [5, 5.41) is 22.3. The van der Waals surface area contributed by atoms with E-state index in [1.54, 1.807) is 23.0 Å². The maximum Gasteiger partial charge on any atom is 0.260 e. The van der Waals surface area contributed by atoms with Crippen molar-refractivity contribution in [3.8, 4) is 5.88 Å². The van der Waals surface area contributed by atoms with Crippen LogP contribution in [0.3, 0.4) is 0 Å². The summed E-state index contributed by atoms with van der Waals surface area (Å²) in [6.45, 7) is 4.59. The fraction of sp³-hybridized carbons (Fsp3) is 0.348. The molecule has 5 rings (SSSR count). The predicted molar refractivity (Wildman–Crippen MR) is 124 cm³/mol. The molecule has 10 nitrogen and oxygen atoms in total. The van der Waals surface area contributed by atoms with Gasteiger partial charge < -0.3 is 24.3 Å². The second kappa shape index (κ2) is 9.57. The van der Waals surface area contributed by atoms with E-state index in [2.05, 4.69) is 15.0 Å². The van der Waals surface area contributed by atoms with Gasteiger partial charge >= 0.3 is 0 Å². The van der Waals surface area contributed by atoms with Crippen LogP contribution >= 0.6 is 0 Å². The maximum atomic E-state index is 9.18. The van der Waals surface area contributed by atoms with Crippen molar-refractivity contribution in [2.24, 2.45) is 4.99 Å². The molecule has 33 heavy (non-hydrogen) atoms. The van der Waals surface area contributed by atoms with Crippen LogP contribution < -0.4 is 4.74 Å². The van der Waals surface area contributed by atoms with Gasteiger partial charge in [0.15, 0.2) is 5.69 Å². The van der Waals surface area contributed by atoms with Gasteiger partial charge in [0.25, 0.3) is 5.88 Å². The molecule has 3 N–H and O–H groups in total. The first-order valence-corrected chi connectivity index (χ1v) is 11.0. The predicted octanol–water partition coefficient (Wildman–Crippen LogP) is 1.88. The molecule has 10 heteroatoms. The van der Waals surface area contributed by atoms with Gasteiger partial charge in [-0.15, -0.1) is 5.10 Å². The number of hydrogen-bond donors (Lipinski definition) is 3. The van der Waals surface area contributed by atoms with Gasteiger partial charge in [-0.05, 0) is 18.2 Å². The third-order valence-corrected chi connectivity index (χ3v) is 5.60. The number of aromatic nitrogens is 3. The van der Waals surface area contributed by atoms with E-state index >= 15 is 0 Å². The Morgan fingerprint density at radius 3 is 2.91 bits per heavy atom. The topological polar surface area (TPSA) is 120 Å². The van der Waals surface area contributed by atoms with E-state index in [-0.39, 0.29) is 18.9 Å². The van der Waals surface area contributed by atoms with E-state index in [1.165, 1.54) is 0 Å². The summed E-state index contributed by atoms with van der Waals surface area (Å²) in [5.74, 6) is 0.950. The minimum absolute atomic E-state index is 0.104. The molecule has 3 aromatic rings. The fourth-order valence-electron chi connectivity index (χ4n) is 3.93. The molecular weight excluding hydrogens is 424 g/mol. The number of hydrogen-bond acceptors (Lipinski definition) is 8. The van der Waals surface area contributed by atoms with Crippen molar-refractivity contribution in [1.82, 2.24) is 19.5 Å². The molecular formula is C23H26N6O4. The van der Waals surface area contributed by atoms with E-state index in [0.29, 0.717) is 29.6 Å². The van der Waals surface area contributed by atoms with E-state index in [0.717, 1.165) is 49.6 Å². The molecule has 1 aliphatic carbocycles. The molecule has 0 aromatic carbocycles. The number of nitrogens with zero attached hydrogens (tertiary/aromatic N) is 4. The minimum atomic E-state index is -0.132. The lowest BCUT2D eigenvalue weighted by molar-refractivity contribution is 0.0305. The summed E-state index contributed by atoms with van der Waals surface area (Å²) in [5.41, 5.74) is 3.50. The van der Waals surface area contributed by atoms with Crippen molar-refractivity contribution in [2.75, 3.05) is 52.7 Å². The van der Waals surface area contributed by atoms with Crippen LogP contribution in [-0.4, -0.2) is 88.7 Å². The van der Waals surface area contributed by atoms with Crippen molar-refractivity contribution >= 4 is 28.4 Å². The zero-order chi connectivity index (χ0) is 22.6. The first-order valence-electron chi connectivity index (χ1n) is 11.0. The third-order valence-electron chi connectivity index (χ3n) is 5.60. The van der Waals surface area contributed by atoms with Crippen LogP contribution in [0.4, 0.5) is 5.69 Å². The molecule has 3 aromatic heterocycles. The van der Waals surface area contributed by atoms with E-state index in [1.807, 2.05) is 24.3 Å². The Bertz CT molecular complexity index is 1200. The van der Waals surface area contributed by atoms with Crippen molar-refractivity contribution < 1.29 is 19.3 Å². The first-order chi connectivity index (χ1) is 16.2. The number of rotatable bonds is 8. The highest BCUT2D eigenvalue weighted by atomic mass is 16.5. The summed E-state index contributed by atoms with van der Waals surface area (Å²) in [6, 6.07) is 7.49. The van der Waals surface area contributed by atoms with E-state index in [4.69, 9.17) is 24.6 Å². The molecule has 0 spiro atoms. The standard InChI is InChI=1S/C23H26N6O4/c24-20-16-4-5-25-21(16)19(32-13-9-28-7-11-31-12-8-28)15-17(20)26-22-18-3-1-2-6-29(18)27-23(22)33-14-10-30/h1-6,15,24-25,30H,7-14H2. The largest absolute Gasteiger partial charge is 0.490 e. The van der Waals surface area contributed by atoms with Crippen molar-refractivity contribution in [3.63, 3.8) is 0 Å². The van der Waals surface area contributed by atoms with Crippen molar-refractivity contribution in [3.05, 3.63) is 54.0 Å². The van der Waals surface area contributed by atoms with E-state index < -0.39 is 0 Å². The Morgan fingerprint density at radius 2 is 2.06 bits per heavy atom. The highest BCUT2D eigenvalue weighted by Gasteiger charge is 2.25. The van der Waals surface area contributed by atoms with Gasteiger partial charge in [-0.25, -0.2) is 9.51 Å². The lowest BCUT2D eigenvalue weighted by atomic mass is 9.98. The first kappa shape index (κ1) is 21.4. The van der Waals surface area contributed by atoms with Crippen LogP contribution in [-0.2, 0) is 9.47 Å². The van der Waals surface area contributed by atoms with Gasteiger partial charge in [0, 0.05) is 43.7 Å². The lowest BCUT2D eigenvalue weighted by Crippen LogP contribution is -2.38. The number of morpholine rings is 1. The van der Waals surface area contributed by atoms with Crippen LogP contribution in [0.25, 0.3) is 11.3 Å². The number of ether oxygens (including phenoxy) is 3. The van der Waals surface area contributed by atoms with Gasteiger partial charge in [0.05, 0.1) is 42.5 Å². The summed E-state index contributed by atoms with van der Waals surface area (Å²) in [6.07, 6.45) is 5.38. The number of allylic oxidation sites excluding steroid dienone is 1. The number of aliphatic hydroxyl groups excluding tert-OH is 1. The number of aliphatic hydroxyl groups is 1. The number of fused-ring (bicyclic) bond motifs is 2. The normalized spacial score (nSPS) is 17.9. The molecule has 0 bridgehead atoms. The molecule has 0 radical (unpaired) electrons. The molecule has 0 amide bonds. The average molecular weight is 450 g/mol. The van der Waals surface area contributed by atoms with Crippen LogP contribution in [0, 0.1) is 5.41 Å². The van der Waals surface area contributed by atoms with Gasteiger partial charge in [0.1, 0.15) is 19.0 Å². The zero-order valence-electron chi connectivity index (χ0n) is 18.2. The molecule has 0 saturated carbocycles. The molecule has 0 atom stereocenters. The highest BCUT2D eigenvalue weighted by molar-refractivity contribution is 6.54. The number of pyridine rings is 1. The number of aromatic amines is 1. The molecule has 1 fully saturated rings. The van der Waals surface area contributed by atoms with Crippen LogP contribution in [0.1, 0.15) is 11.3 Å². The highest BCUT2D eigenvalue weighted by Crippen LogP contribution is 2.34. The summed E-state index contributed by atoms with van der Waals surface area (Å²) in [7, 11) is 0. The lowest BCUT2D eigenvalue weighted by Gasteiger charge is -2.27. The van der Waals surface area contributed by atoms with Gasteiger partial charge in [-0.3, -0.25) is 10.3 Å². The second-order valence-electron chi connectivity index (χ2n) is 7.71. The Labute approximate surface area is 190 Å². The summed E-state index contributed by atoms with van der Waals surface area (Å²) >= 11 is 0. The van der Waals surface area contributed by atoms with Gasteiger partial charge in [0.2, 0.25) is 0 Å². The van der Waals surface area contributed by atoms with Crippen molar-refractivity contribution in [2.45, 2.75) is 0 Å². The molecule has 0 unspecified atom stereocenters. The summed E-state index contributed by atoms with van der Waals surface area (Å²) < 4.78 is 18.8. The Morgan fingerprint density at radius 1 is 1.18 bits per heavy atom. The molecule has 172 valence electrons. The smallest absolute Gasteiger partial charge is 0.260 e. The molecule has 2 aliphatic rings. The Kier molecular flexibility index (Phi) is 6.20. The van der Waals surface area contributed by atoms with E-state index in [9.17, 15) is 5.11 Å². The van der Waals surface area contributed by atoms with Crippen LogP contribution in [0.15, 0.2) is 47.7 Å². The quantitative estimate of drug-likeness (QED) is 0.482. The fourth-order valence-corrected chi connectivity index (χ4v) is 3.93. The average Bonchev–Trinajstić information content (AvgIpc) is 3.47. The number of aliphatic imine (C=N–C) groups is 1. The van der Waals surface area contributed by atoms with Crippen LogP contribution in [0.2, 0.25) is 0 Å². The molecule has 1 aliphatic heterocycles. The Hall–Kier alpha value is -3.47. The third kappa shape index (κ3) is 4.40. The molecule has 1 saturated heterocycles. The number of nitrogens with one attached hydrogen (secondary N) is 2. The SMILES string of the molecule is N=C1C(=Nc2c(OCCO)nn3ccccc23)C=C(OCCN2CCOCC2)c2[nH]ccc21. The number of H-pyrrole nitrogens is 1. The second-order valence-corrected chi connectivity index (χ2v) is 7.71.